The summed E-state index contributed by atoms with van der Waals surface area (Å²) in [5.74, 6) is 0. The Morgan fingerprint density at radius 3 is 2.41 bits per heavy atom. The van der Waals surface area contributed by atoms with Gasteiger partial charge < -0.3 is 10.0 Å². The summed E-state index contributed by atoms with van der Waals surface area (Å²) in [5.41, 5.74) is 1.23. The van der Waals surface area contributed by atoms with E-state index in [0.29, 0.717) is 0 Å². The molecule has 1 aromatic rings. The van der Waals surface area contributed by atoms with Gasteiger partial charge in [0.2, 0.25) is 0 Å². The van der Waals surface area contributed by atoms with E-state index in [-0.39, 0.29) is 11.5 Å². The first-order valence-electron chi connectivity index (χ1n) is 6.15. The number of hydrogen-bond donors (Lipinski definition) is 1. The van der Waals surface area contributed by atoms with Crippen LogP contribution in [0.1, 0.15) is 32.8 Å². The molecule has 0 aliphatic heterocycles. The van der Waals surface area contributed by atoms with Crippen LogP contribution in [0.4, 0.5) is 0 Å². The van der Waals surface area contributed by atoms with Gasteiger partial charge in [-0.05, 0) is 36.6 Å². The summed E-state index contributed by atoms with van der Waals surface area (Å²) in [6, 6.07) is 4.05. The molecule has 0 fully saturated rings. The van der Waals surface area contributed by atoms with Gasteiger partial charge >= 0.3 is 0 Å². The zero-order valence-electron chi connectivity index (χ0n) is 11.3. The van der Waals surface area contributed by atoms with Crippen LogP contribution in [0.3, 0.4) is 0 Å². The Bertz CT molecular complexity index is 319. The summed E-state index contributed by atoms with van der Waals surface area (Å²) < 4.78 is 0. The Hall–Kier alpha value is -0.930. The zero-order chi connectivity index (χ0) is 12.9. The van der Waals surface area contributed by atoms with E-state index < -0.39 is 0 Å². The Morgan fingerprint density at radius 1 is 1.29 bits per heavy atom. The average Bonchev–Trinajstić information content (AvgIpc) is 2.26. The number of pyridine rings is 1. The minimum atomic E-state index is -0.248. The van der Waals surface area contributed by atoms with Crippen LogP contribution in [0.5, 0.6) is 0 Å². The van der Waals surface area contributed by atoms with Crippen molar-refractivity contribution in [3.63, 3.8) is 0 Å². The Labute approximate surface area is 104 Å². The second kappa shape index (κ2) is 6.12. The smallest absolute Gasteiger partial charge is 0.0600 e. The molecule has 0 amide bonds. The SMILES string of the molecule is CN(CCC(O)C(C)(C)C)Cc1ccncc1. The van der Waals surface area contributed by atoms with Crippen LogP contribution >= 0.6 is 0 Å². The van der Waals surface area contributed by atoms with Gasteiger partial charge in [0.1, 0.15) is 0 Å². The molecular formula is C14H24N2O. The van der Waals surface area contributed by atoms with Crippen LogP contribution < -0.4 is 0 Å². The summed E-state index contributed by atoms with van der Waals surface area (Å²) in [6.45, 7) is 8.02. The Morgan fingerprint density at radius 2 is 1.88 bits per heavy atom. The topological polar surface area (TPSA) is 36.4 Å². The third kappa shape index (κ3) is 5.29. The van der Waals surface area contributed by atoms with Gasteiger partial charge in [-0.15, -0.1) is 0 Å². The number of aliphatic hydroxyl groups excluding tert-OH is 1. The van der Waals surface area contributed by atoms with Crippen molar-refractivity contribution in [2.75, 3.05) is 13.6 Å². The lowest BCUT2D eigenvalue weighted by Gasteiger charge is -2.27. The maximum atomic E-state index is 9.96. The molecule has 0 bridgehead atoms. The molecule has 1 heterocycles. The monoisotopic (exact) mass is 236 g/mol. The van der Waals surface area contributed by atoms with Crippen molar-refractivity contribution in [3.8, 4) is 0 Å². The second-order valence-corrected chi connectivity index (χ2v) is 5.76. The average molecular weight is 236 g/mol. The number of hydrogen-bond acceptors (Lipinski definition) is 3. The molecule has 17 heavy (non-hydrogen) atoms. The lowest BCUT2D eigenvalue weighted by Crippen LogP contribution is -2.30. The highest BCUT2D eigenvalue weighted by atomic mass is 16.3. The van der Waals surface area contributed by atoms with E-state index in [1.807, 2.05) is 24.5 Å². The maximum Gasteiger partial charge on any atom is 0.0600 e. The number of aromatic nitrogens is 1. The number of nitrogens with zero attached hydrogens (tertiary/aromatic N) is 2. The normalized spacial score (nSPS) is 14.0. The Balaban J connectivity index is 2.33. The van der Waals surface area contributed by atoms with E-state index in [4.69, 9.17) is 0 Å². The predicted octanol–water partition coefficient (Wildman–Crippen LogP) is 2.31. The summed E-state index contributed by atoms with van der Waals surface area (Å²) in [4.78, 5) is 6.23. The third-order valence-electron chi connectivity index (χ3n) is 2.99. The van der Waals surface area contributed by atoms with Crippen molar-refractivity contribution < 1.29 is 5.11 Å². The quantitative estimate of drug-likeness (QED) is 0.852. The van der Waals surface area contributed by atoms with Crippen LogP contribution in [0.2, 0.25) is 0 Å². The molecule has 0 saturated carbocycles. The minimum Gasteiger partial charge on any atom is -0.393 e. The van der Waals surface area contributed by atoms with Gasteiger partial charge in [-0.3, -0.25) is 4.98 Å². The van der Waals surface area contributed by atoms with Gasteiger partial charge in [-0.25, -0.2) is 0 Å². The van der Waals surface area contributed by atoms with Crippen molar-refractivity contribution in [2.45, 2.75) is 39.8 Å². The van der Waals surface area contributed by atoms with Gasteiger partial charge in [0, 0.05) is 25.5 Å². The lowest BCUT2D eigenvalue weighted by atomic mass is 9.87. The van der Waals surface area contributed by atoms with Gasteiger partial charge in [0.25, 0.3) is 0 Å². The van der Waals surface area contributed by atoms with E-state index in [0.717, 1.165) is 19.5 Å². The molecule has 3 nitrogen and oxygen atoms in total. The molecule has 0 aliphatic rings. The molecule has 0 spiro atoms. The molecule has 0 aliphatic carbocycles. The van der Waals surface area contributed by atoms with Crippen LogP contribution in [0.15, 0.2) is 24.5 Å². The molecular weight excluding hydrogens is 212 g/mol. The molecule has 1 N–H and O–H groups in total. The zero-order valence-corrected chi connectivity index (χ0v) is 11.3. The first-order valence-corrected chi connectivity index (χ1v) is 6.15. The molecule has 1 rings (SSSR count). The van der Waals surface area contributed by atoms with Crippen LogP contribution in [-0.4, -0.2) is 34.7 Å². The van der Waals surface area contributed by atoms with Crippen LogP contribution in [-0.2, 0) is 6.54 Å². The van der Waals surface area contributed by atoms with Crippen molar-refractivity contribution >= 4 is 0 Å². The number of rotatable bonds is 5. The van der Waals surface area contributed by atoms with E-state index in [1.54, 1.807) is 0 Å². The van der Waals surface area contributed by atoms with Crippen molar-refractivity contribution in [1.82, 2.24) is 9.88 Å². The van der Waals surface area contributed by atoms with Crippen LogP contribution in [0.25, 0.3) is 0 Å². The first-order chi connectivity index (χ1) is 7.89. The van der Waals surface area contributed by atoms with E-state index >= 15 is 0 Å². The molecule has 0 radical (unpaired) electrons. The fourth-order valence-electron chi connectivity index (χ4n) is 1.65. The highest BCUT2D eigenvalue weighted by Gasteiger charge is 2.21. The van der Waals surface area contributed by atoms with E-state index in [9.17, 15) is 5.11 Å². The molecule has 96 valence electrons. The van der Waals surface area contributed by atoms with E-state index in [2.05, 4.69) is 37.7 Å². The summed E-state index contributed by atoms with van der Waals surface area (Å²) >= 11 is 0. The van der Waals surface area contributed by atoms with Gasteiger partial charge in [0.05, 0.1) is 6.10 Å². The number of aliphatic hydroxyl groups is 1. The maximum absolute atomic E-state index is 9.96. The fraction of sp³-hybridized carbons (Fsp3) is 0.643. The van der Waals surface area contributed by atoms with Crippen molar-refractivity contribution in [3.05, 3.63) is 30.1 Å². The summed E-state index contributed by atoms with van der Waals surface area (Å²) in [5, 5.41) is 9.96. The minimum absolute atomic E-state index is 0.0303. The molecule has 1 unspecified atom stereocenters. The largest absolute Gasteiger partial charge is 0.393 e. The molecule has 1 aromatic heterocycles. The highest BCUT2D eigenvalue weighted by Crippen LogP contribution is 2.21. The van der Waals surface area contributed by atoms with Gasteiger partial charge in [-0.1, -0.05) is 20.8 Å². The van der Waals surface area contributed by atoms with Crippen molar-refractivity contribution in [1.29, 1.82) is 0 Å². The standard InChI is InChI=1S/C14H24N2O/c1-14(2,3)13(17)7-10-16(4)11-12-5-8-15-9-6-12/h5-6,8-9,13,17H,7,10-11H2,1-4H3. The first kappa shape index (κ1) is 14.1. The summed E-state index contributed by atoms with van der Waals surface area (Å²) in [6.07, 6.45) is 4.19. The van der Waals surface area contributed by atoms with Crippen molar-refractivity contribution in [2.24, 2.45) is 5.41 Å². The summed E-state index contributed by atoms with van der Waals surface area (Å²) in [7, 11) is 2.08. The fourth-order valence-corrected chi connectivity index (χ4v) is 1.65. The Kier molecular flexibility index (Phi) is 5.09. The van der Waals surface area contributed by atoms with E-state index in [1.165, 1.54) is 5.56 Å². The molecule has 1 atom stereocenters. The lowest BCUT2D eigenvalue weighted by molar-refractivity contribution is 0.0473. The molecule has 0 saturated heterocycles. The predicted molar refractivity (Wildman–Crippen MR) is 70.6 cm³/mol. The highest BCUT2D eigenvalue weighted by molar-refractivity contribution is 5.09. The van der Waals surface area contributed by atoms with Gasteiger partial charge in [0.15, 0.2) is 0 Å². The molecule has 0 aromatic carbocycles. The molecule has 3 heteroatoms. The third-order valence-corrected chi connectivity index (χ3v) is 2.99. The van der Waals surface area contributed by atoms with Gasteiger partial charge in [-0.2, -0.15) is 0 Å². The second-order valence-electron chi connectivity index (χ2n) is 5.76. The van der Waals surface area contributed by atoms with Crippen LogP contribution in [0, 0.1) is 5.41 Å².